The molecule has 0 bridgehead atoms. The van der Waals surface area contributed by atoms with Crippen molar-refractivity contribution in [2.75, 3.05) is 12.4 Å². The Hall–Kier alpha value is -3.28. The van der Waals surface area contributed by atoms with Gasteiger partial charge in [-0.05, 0) is 35.9 Å². The number of hydrogen-bond acceptors (Lipinski definition) is 5. The third-order valence-corrected chi connectivity index (χ3v) is 3.52. The summed E-state index contributed by atoms with van der Waals surface area (Å²) in [6.45, 7) is 1.78. The van der Waals surface area contributed by atoms with Crippen molar-refractivity contribution in [2.45, 2.75) is 6.92 Å². The number of fused-ring (bicyclic) bond motifs is 1. The van der Waals surface area contributed by atoms with Crippen LogP contribution in [0.15, 0.2) is 48.7 Å². The van der Waals surface area contributed by atoms with Gasteiger partial charge in [0.15, 0.2) is 0 Å². The van der Waals surface area contributed by atoms with Gasteiger partial charge in [0.2, 0.25) is 5.82 Å². The Morgan fingerprint density at radius 3 is 2.67 bits per heavy atom. The largest absolute Gasteiger partial charge is 0.465 e. The summed E-state index contributed by atoms with van der Waals surface area (Å²) in [5, 5.41) is 4.30. The van der Waals surface area contributed by atoms with E-state index < -0.39 is 11.9 Å². The molecule has 6 heteroatoms. The minimum absolute atomic E-state index is 0.0720. The number of amides is 1. The maximum atomic E-state index is 12.3. The van der Waals surface area contributed by atoms with Crippen LogP contribution in [0.3, 0.4) is 0 Å². The highest BCUT2D eigenvalue weighted by Crippen LogP contribution is 2.25. The molecule has 1 N–H and O–H groups in total. The second-order valence-electron chi connectivity index (χ2n) is 5.21. The molecule has 0 aliphatic carbocycles. The number of aromatic nitrogens is 2. The average molecular weight is 321 g/mol. The fourth-order valence-corrected chi connectivity index (χ4v) is 2.41. The number of esters is 1. The molecule has 0 saturated carbocycles. The fraction of sp³-hybridized carbons (Fsp3) is 0.111. The van der Waals surface area contributed by atoms with Gasteiger partial charge >= 0.3 is 5.97 Å². The Balaban J connectivity index is 2.00. The number of nitrogens with zero attached hydrogens (tertiary/aromatic N) is 2. The molecule has 3 aromatic rings. The first-order chi connectivity index (χ1) is 11.6. The van der Waals surface area contributed by atoms with Gasteiger partial charge in [-0.3, -0.25) is 4.79 Å². The van der Waals surface area contributed by atoms with E-state index in [1.54, 1.807) is 25.1 Å². The molecule has 24 heavy (non-hydrogen) atoms. The van der Waals surface area contributed by atoms with Gasteiger partial charge < -0.3 is 10.1 Å². The molecule has 120 valence electrons. The van der Waals surface area contributed by atoms with Crippen molar-refractivity contribution in [3.63, 3.8) is 0 Å². The molecule has 2 aromatic carbocycles. The lowest BCUT2D eigenvalue weighted by Crippen LogP contribution is -2.16. The lowest BCUT2D eigenvalue weighted by molar-refractivity contribution is 0.0603. The number of ether oxygens (including phenoxy) is 1. The van der Waals surface area contributed by atoms with Gasteiger partial charge in [-0.1, -0.05) is 24.3 Å². The van der Waals surface area contributed by atoms with Crippen molar-refractivity contribution in [3.05, 3.63) is 65.7 Å². The summed E-state index contributed by atoms with van der Waals surface area (Å²) in [5.41, 5.74) is 1.56. The van der Waals surface area contributed by atoms with Crippen LogP contribution in [0.5, 0.6) is 0 Å². The van der Waals surface area contributed by atoms with Crippen LogP contribution in [0.2, 0.25) is 0 Å². The fourth-order valence-electron chi connectivity index (χ4n) is 2.41. The van der Waals surface area contributed by atoms with Gasteiger partial charge in [-0.25, -0.2) is 14.8 Å². The first-order valence-corrected chi connectivity index (χ1v) is 7.30. The smallest absolute Gasteiger partial charge is 0.338 e. The first kappa shape index (κ1) is 15.6. The summed E-state index contributed by atoms with van der Waals surface area (Å²) in [5.74, 6) is -0.832. The van der Waals surface area contributed by atoms with Crippen molar-refractivity contribution in [3.8, 4) is 0 Å². The topological polar surface area (TPSA) is 81.2 Å². The third kappa shape index (κ3) is 3.08. The number of hydrogen-bond donors (Lipinski definition) is 1. The van der Waals surface area contributed by atoms with E-state index in [9.17, 15) is 9.59 Å². The molecule has 1 aromatic heterocycles. The standard InChI is InChI=1S/C18H15N3O3/c1-11-7-8-19-16(20-11)17(22)21-13-9-12-5-3-4-6-14(12)15(10-13)18(23)24-2/h3-10H,1-2H3,(H,21,22). The van der Waals surface area contributed by atoms with Crippen molar-refractivity contribution in [2.24, 2.45) is 0 Å². The summed E-state index contributed by atoms with van der Waals surface area (Å²) < 4.78 is 4.83. The first-order valence-electron chi connectivity index (χ1n) is 7.30. The van der Waals surface area contributed by atoms with Gasteiger partial charge in [0.05, 0.1) is 12.7 Å². The zero-order valence-corrected chi connectivity index (χ0v) is 13.2. The molecule has 0 spiro atoms. The molecule has 0 aliphatic heterocycles. The predicted octanol–water partition coefficient (Wildman–Crippen LogP) is 2.98. The Labute approximate surface area is 138 Å². The monoisotopic (exact) mass is 321 g/mol. The summed E-state index contributed by atoms with van der Waals surface area (Å²) in [7, 11) is 1.32. The Kier molecular flexibility index (Phi) is 4.20. The van der Waals surface area contributed by atoms with Crippen molar-refractivity contribution in [1.82, 2.24) is 9.97 Å². The van der Waals surface area contributed by atoms with Crippen LogP contribution in [0, 0.1) is 6.92 Å². The molecular weight excluding hydrogens is 306 g/mol. The minimum atomic E-state index is -0.464. The predicted molar refractivity (Wildman–Crippen MR) is 90.0 cm³/mol. The van der Waals surface area contributed by atoms with Crippen LogP contribution < -0.4 is 5.32 Å². The number of rotatable bonds is 3. The molecule has 3 rings (SSSR count). The summed E-state index contributed by atoms with van der Waals surface area (Å²) in [6.07, 6.45) is 1.53. The lowest BCUT2D eigenvalue weighted by atomic mass is 10.0. The van der Waals surface area contributed by atoms with E-state index >= 15 is 0 Å². The van der Waals surface area contributed by atoms with Gasteiger partial charge in [-0.15, -0.1) is 0 Å². The SMILES string of the molecule is COC(=O)c1cc(NC(=O)c2nccc(C)n2)cc2ccccc12. The number of carbonyl (C=O) groups excluding carboxylic acids is 2. The number of carbonyl (C=O) groups is 2. The molecule has 0 saturated heterocycles. The molecule has 1 amide bonds. The number of anilines is 1. The highest BCUT2D eigenvalue weighted by molar-refractivity contribution is 6.08. The molecule has 0 aliphatic rings. The van der Waals surface area contributed by atoms with E-state index in [1.165, 1.54) is 13.3 Å². The van der Waals surface area contributed by atoms with Crippen LogP contribution >= 0.6 is 0 Å². The number of aryl methyl sites for hydroxylation is 1. The van der Waals surface area contributed by atoms with E-state index in [1.807, 2.05) is 24.3 Å². The molecule has 0 atom stereocenters. The normalized spacial score (nSPS) is 10.4. The van der Waals surface area contributed by atoms with Gasteiger partial charge in [0, 0.05) is 17.6 Å². The second kappa shape index (κ2) is 6.45. The Morgan fingerprint density at radius 2 is 1.92 bits per heavy atom. The summed E-state index contributed by atoms with van der Waals surface area (Å²) >= 11 is 0. The van der Waals surface area contributed by atoms with Crippen molar-refractivity contribution >= 4 is 28.3 Å². The molecular formula is C18H15N3O3. The van der Waals surface area contributed by atoms with Crippen LogP contribution in [-0.4, -0.2) is 29.0 Å². The molecule has 6 nitrogen and oxygen atoms in total. The number of nitrogens with one attached hydrogen (secondary N) is 1. The summed E-state index contributed by atoms with van der Waals surface area (Å²) in [6, 6.07) is 12.5. The van der Waals surface area contributed by atoms with E-state index in [-0.39, 0.29) is 5.82 Å². The molecule has 0 unspecified atom stereocenters. The number of benzene rings is 2. The Bertz CT molecular complexity index is 938. The number of methoxy groups -OCH3 is 1. The van der Waals surface area contributed by atoms with E-state index in [0.29, 0.717) is 16.9 Å². The quantitative estimate of drug-likeness (QED) is 0.750. The highest BCUT2D eigenvalue weighted by atomic mass is 16.5. The van der Waals surface area contributed by atoms with Gasteiger partial charge in [0.25, 0.3) is 5.91 Å². The van der Waals surface area contributed by atoms with Crippen molar-refractivity contribution < 1.29 is 14.3 Å². The minimum Gasteiger partial charge on any atom is -0.465 e. The zero-order valence-electron chi connectivity index (χ0n) is 13.2. The second-order valence-corrected chi connectivity index (χ2v) is 5.21. The summed E-state index contributed by atoms with van der Waals surface area (Å²) in [4.78, 5) is 32.4. The highest BCUT2D eigenvalue weighted by Gasteiger charge is 2.15. The third-order valence-electron chi connectivity index (χ3n) is 3.52. The van der Waals surface area contributed by atoms with Crippen LogP contribution in [0.4, 0.5) is 5.69 Å². The molecule has 0 fully saturated rings. The van der Waals surface area contributed by atoms with Crippen LogP contribution in [-0.2, 0) is 4.74 Å². The lowest BCUT2D eigenvalue weighted by Gasteiger charge is -2.10. The van der Waals surface area contributed by atoms with E-state index in [4.69, 9.17) is 4.74 Å². The van der Waals surface area contributed by atoms with Gasteiger partial charge in [-0.2, -0.15) is 0 Å². The molecule has 0 radical (unpaired) electrons. The van der Waals surface area contributed by atoms with Crippen molar-refractivity contribution in [1.29, 1.82) is 0 Å². The van der Waals surface area contributed by atoms with E-state index in [0.717, 1.165) is 10.8 Å². The van der Waals surface area contributed by atoms with Gasteiger partial charge in [0.1, 0.15) is 0 Å². The van der Waals surface area contributed by atoms with Crippen LogP contribution in [0.1, 0.15) is 26.7 Å². The van der Waals surface area contributed by atoms with E-state index in [2.05, 4.69) is 15.3 Å². The zero-order chi connectivity index (χ0) is 17.1. The maximum absolute atomic E-state index is 12.3. The maximum Gasteiger partial charge on any atom is 0.338 e. The molecule has 1 heterocycles. The Morgan fingerprint density at radius 1 is 1.12 bits per heavy atom. The average Bonchev–Trinajstić information content (AvgIpc) is 2.60. The van der Waals surface area contributed by atoms with Crippen LogP contribution in [0.25, 0.3) is 10.8 Å².